The molecule has 0 aromatic rings. The molecule has 0 amide bonds. The third kappa shape index (κ3) is 2.02. The van der Waals surface area contributed by atoms with Gasteiger partial charge in [-0.05, 0) is 38.0 Å². The summed E-state index contributed by atoms with van der Waals surface area (Å²) in [7, 11) is 0. The van der Waals surface area contributed by atoms with Gasteiger partial charge in [0.15, 0.2) is 0 Å². The highest BCUT2D eigenvalue weighted by molar-refractivity contribution is 6.00. The largest absolute Gasteiger partial charge is 0.299 e. The molecule has 0 unspecified atom stereocenters. The highest BCUT2D eigenvalue weighted by Gasteiger charge is 2.35. The van der Waals surface area contributed by atoms with Crippen LogP contribution in [0.3, 0.4) is 0 Å². The van der Waals surface area contributed by atoms with E-state index >= 15 is 0 Å². The van der Waals surface area contributed by atoms with Crippen molar-refractivity contribution in [1.82, 2.24) is 0 Å². The van der Waals surface area contributed by atoms with Crippen LogP contribution in [0, 0.1) is 37.0 Å². The lowest BCUT2D eigenvalue weighted by atomic mass is 9.79. The Balaban J connectivity index is 1.92. The third-order valence-electron chi connectivity index (χ3n) is 3.28. The third-order valence-corrected chi connectivity index (χ3v) is 3.28. The normalized spacial score (nSPS) is 26.9. The van der Waals surface area contributed by atoms with Crippen LogP contribution >= 0.6 is 0 Å². The van der Waals surface area contributed by atoms with Crippen molar-refractivity contribution >= 4 is 5.78 Å². The summed E-state index contributed by atoms with van der Waals surface area (Å²) in [6.07, 6.45) is 11.9. The van der Waals surface area contributed by atoms with E-state index in [2.05, 4.69) is 0 Å². The van der Waals surface area contributed by atoms with Gasteiger partial charge in [-0.15, -0.1) is 0 Å². The van der Waals surface area contributed by atoms with Crippen molar-refractivity contribution in [3.05, 3.63) is 31.1 Å². The fourth-order valence-corrected chi connectivity index (χ4v) is 2.37. The number of rotatable bonds is 2. The second-order valence-corrected chi connectivity index (χ2v) is 4.32. The summed E-state index contributed by atoms with van der Waals surface area (Å²) in [5.41, 5.74) is 0. The second kappa shape index (κ2) is 4.46. The fraction of sp³-hybridized carbons (Fsp3) is 0.538. The molecule has 1 heteroatoms. The van der Waals surface area contributed by atoms with Crippen molar-refractivity contribution in [1.29, 1.82) is 0 Å². The minimum Gasteiger partial charge on any atom is -0.299 e. The molecule has 14 heavy (non-hydrogen) atoms. The van der Waals surface area contributed by atoms with Crippen molar-refractivity contribution in [2.75, 3.05) is 0 Å². The first kappa shape index (κ1) is 10.2. The number of Topliss-reactive ketones (excluding diaryl/α,β-unsaturated/α-hetero) is 1. The van der Waals surface area contributed by atoms with E-state index in [-0.39, 0.29) is 0 Å². The minimum absolute atomic E-state index is 0.310. The van der Waals surface area contributed by atoms with E-state index in [4.69, 9.17) is 0 Å². The lowest BCUT2D eigenvalue weighted by Crippen LogP contribution is -2.25. The van der Waals surface area contributed by atoms with E-state index in [9.17, 15) is 4.79 Å². The average molecular weight is 189 g/mol. The number of ketones is 1. The lowest BCUT2D eigenvalue weighted by Gasteiger charge is -2.24. The van der Waals surface area contributed by atoms with Crippen molar-refractivity contribution < 1.29 is 4.79 Å². The van der Waals surface area contributed by atoms with Crippen LogP contribution in [0.1, 0.15) is 39.0 Å². The summed E-state index contributed by atoms with van der Waals surface area (Å²) < 4.78 is 0. The van der Waals surface area contributed by atoms with Gasteiger partial charge in [0, 0.05) is 5.92 Å². The van der Waals surface area contributed by atoms with E-state index in [1.165, 1.54) is 19.3 Å². The summed E-state index contributed by atoms with van der Waals surface area (Å²) in [5, 5.41) is 0. The zero-order valence-corrected chi connectivity index (χ0v) is 8.75. The van der Waals surface area contributed by atoms with E-state index in [0.717, 1.165) is 24.7 Å². The van der Waals surface area contributed by atoms with Crippen LogP contribution in [0.15, 0.2) is 0 Å². The molecule has 2 saturated carbocycles. The molecular formula is C13H17O. The Kier molecular flexibility index (Phi) is 3.25. The van der Waals surface area contributed by atoms with Gasteiger partial charge in [-0.1, -0.05) is 26.2 Å². The Morgan fingerprint density at radius 3 is 2.50 bits per heavy atom. The molecule has 2 aliphatic carbocycles. The average Bonchev–Trinajstić information content (AvgIpc) is 2.65. The van der Waals surface area contributed by atoms with Crippen LogP contribution in [-0.2, 0) is 4.79 Å². The molecule has 0 aromatic heterocycles. The zero-order chi connectivity index (χ0) is 9.97. The standard InChI is InChI=1S/C13H17O/c1-10-6-5-9-12(10)13(14)11-7-3-2-4-8-11/h5-6,9,11H,2-4,7-8H2,1H3. The quantitative estimate of drug-likeness (QED) is 0.652. The highest BCUT2D eigenvalue weighted by Crippen LogP contribution is 2.38. The lowest BCUT2D eigenvalue weighted by molar-refractivity contribution is -0.121. The maximum Gasteiger partial charge on any atom is 0.144 e. The Bertz CT molecular complexity index is 203. The van der Waals surface area contributed by atoms with Gasteiger partial charge in [-0.2, -0.15) is 0 Å². The maximum atomic E-state index is 12.1. The van der Waals surface area contributed by atoms with Gasteiger partial charge >= 0.3 is 0 Å². The molecule has 2 aliphatic rings. The predicted molar refractivity (Wildman–Crippen MR) is 56.6 cm³/mol. The molecule has 1 nitrogen and oxygen atoms in total. The molecular weight excluding hydrogens is 172 g/mol. The van der Waals surface area contributed by atoms with Gasteiger partial charge in [0.05, 0.1) is 5.92 Å². The molecule has 0 saturated heterocycles. The number of carbonyl (C=O) groups excluding carboxylic acids is 1. The summed E-state index contributed by atoms with van der Waals surface area (Å²) in [6.45, 7) is 2.02. The smallest absolute Gasteiger partial charge is 0.144 e. The Labute approximate surface area is 87.3 Å². The Morgan fingerprint density at radius 1 is 1.21 bits per heavy atom. The first-order valence-electron chi connectivity index (χ1n) is 5.55. The van der Waals surface area contributed by atoms with Crippen LogP contribution in [0.25, 0.3) is 0 Å². The van der Waals surface area contributed by atoms with E-state index < -0.39 is 0 Å². The van der Waals surface area contributed by atoms with Gasteiger partial charge in [0.1, 0.15) is 5.78 Å². The molecule has 0 aromatic carbocycles. The van der Waals surface area contributed by atoms with Crippen LogP contribution < -0.4 is 0 Å². The van der Waals surface area contributed by atoms with Gasteiger partial charge < -0.3 is 0 Å². The van der Waals surface area contributed by atoms with Crippen molar-refractivity contribution in [3.8, 4) is 0 Å². The minimum atomic E-state index is 0.310. The molecule has 0 bridgehead atoms. The highest BCUT2D eigenvalue weighted by atomic mass is 16.1. The Hall–Kier alpha value is -0.330. The molecule has 0 aliphatic heterocycles. The summed E-state index contributed by atoms with van der Waals surface area (Å²) in [6, 6.07) is 0. The first-order valence-corrected chi connectivity index (χ1v) is 5.55. The van der Waals surface area contributed by atoms with Gasteiger partial charge in [-0.3, -0.25) is 4.79 Å². The molecule has 5 radical (unpaired) electrons. The Morgan fingerprint density at radius 2 is 1.93 bits per heavy atom. The van der Waals surface area contributed by atoms with Gasteiger partial charge in [0.25, 0.3) is 0 Å². The molecule has 0 N–H and O–H groups in total. The summed E-state index contributed by atoms with van der Waals surface area (Å²) in [4.78, 5) is 12.1. The second-order valence-electron chi connectivity index (χ2n) is 4.32. The van der Waals surface area contributed by atoms with E-state index in [1.54, 1.807) is 0 Å². The number of carbonyl (C=O) groups is 1. The van der Waals surface area contributed by atoms with Crippen molar-refractivity contribution in [3.63, 3.8) is 0 Å². The van der Waals surface area contributed by atoms with Crippen LogP contribution in [0.2, 0.25) is 0 Å². The van der Waals surface area contributed by atoms with Crippen molar-refractivity contribution in [2.45, 2.75) is 39.0 Å². The molecule has 2 fully saturated rings. The topological polar surface area (TPSA) is 17.1 Å². The van der Waals surface area contributed by atoms with Gasteiger partial charge in [-0.25, -0.2) is 0 Å². The number of hydrogen-bond donors (Lipinski definition) is 0. The molecule has 0 heterocycles. The van der Waals surface area contributed by atoms with Crippen molar-refractivity contribution in [2.24, 2.45) is 5.92 Å². The molecule has 0 atom stereocenters. The van der Waals surface area contributed by atoms with E-state index in [1.807, 2.05) is 26.2 Å². The van der Waals surface area contributed by atoms with Gasteiger partial charge in [0.2, 0.25) is 0 Å². The monoisotopic (exact) mass is 189 g/mol. The predicted octanol–water partition coefficient (Wildman–Crippen LogP) is 2.93. The van der Waals surface area contributed by atoms with Crippen LogP contribution in [-0.4, -0.2) is 5.78 Å². The maximum absolute atomic E-state index is 12.1. The molecule has 0 spiro atoms. The van der Waals surface area contributed by atoms with Crippen LogP contribution in [0.4, 0.5) is 0 Å². The van der Waals surface area contributed by atoms with Crippen LogP contribution in [0.5, 0.6) is 0 Å². The SMILES string of the molecule is C[C]1[CH][CH][CH][C]1C(=O)C1CCCCC1. The summed E-state index contributed by atoms with van der Waals surface area (Å²) >= 11 is 0. The summed E-state index contributed by atoms with van der Waals surface area (Å²) in [5.74, 6) is 2.79. The fourth-order valence-electron chi connectivity index (χ4n) is 2.37. The molecule has 2 rings (SSSR count). The van der Waals surface area contributed by atoms with E-state index in [0.29, 0.717) is 11.7 Å². The zero-order valence-electron chi connectivity index (χ0n) is 8.75. The first-order chi connectivity index (χ1) is 6.79. The number of hydrogen-bond acceptors (Lipinski definition) is 1. The molecule has 75 valence electrons.